The summed E-state index contributed by atoms with van der Waals surface area (Å²) in [6.07, 6.45) is 87.4. The number of unbranched alkanes of at least 4 members (excludes halogenated alkanes) is 47. The Morgan fingerprint density at radius 1 is 0.250 bits per heavy atom. The van der Waals surface area contributed by atoms with E-state index in [1.807, 2.05) is 0 Å². The van der Waals surface area contributed by atoms with Gasteiger partial charge in [-0.3, -0.25) is 14.4 Å². The maximum absolute atomic E-state index is 12.9. The van der Waals surface area contributed by atoms with Crippen molar-refractivity contribution in [3.63, 3.8) is 0 Å². The molecule has 0 saturated carbocycles. The first kappa shape index (κ1) is 77.4. The second-order valence-corrected chi connectivity index (χ2v) is 24.1. The van der Waals surface area contributed by atoms with Crippen LogP contribution in [0.2, 0.25) is 0 Å². The summed E-state index contributed by atoms with van der Waals surface area (Å²) >= 11 is 0. The summed E-state index contributed by atoms with van der Waals surface area (Å²) in [6, 6.07) is 0. The molecule has 6 nitrogen and oxygen atoms in total. The molecule has 1 atom stereocenters. The molecule has 1 unspecified atom stereocenters. The van der Waals surface area contributed by atoms with E-state index in [0.29, 0.717) is 19.3 Å². The first-order chi connectivity index (χ1) is 39.5. The quantitative estimate of drug-likeness (QED) is 0.0261. The molecule has 0 amide bonds. The van der Waals surface area contributed by atoms with Gasteiger partial charge in [0, 0.05) is 19.3 Å². The molecule has 0 aliphatic rings. The number of carbonyl (C=O) groups is 3. The number of esters is 3. The van der Waals surface area contributed by atoms with E-state index < -0.39 is 6.10 Å². The lowest BCUT2D eigenvalue weighted by Crippen LogP contribution is -2.30. The SMILES string of the molecule is CCC/C=C\CCCCCCCC(=O)OCC(COC(=O)CCCCCCCCCCCCCCCCCCCCCCCCCCCCCCCCCCC)OC(=O)CCCCCCCC/C=C\C/C=C\C/C=C\CCCCC. The number of ether oxygens (including phenoxy) is 3. The van der Waals surface area contributed by atoms with Gasteiger partial charge in [0.05, 0.1) is 0 Å². The molecule has 0 aliphatic carbocycles. The lowest BCUT2D eigenvalue weighted by atomic mass is 10.0. The fraction of sp³-hybridized carbons (Fsp3) is 0.851. The smallest absolute Gasteiger partial charge is 0.306 e. The summed E-state index contributed by atoms with van der Waals surface area (Å²) < 4.78 is 16.9. The number of hydrogen-bond acceptors (Lipinski definition) is 6. The van der Waals surface area contributed by atoms with Gasteiger partial charge in [-0.1, -0.05) is 339 Å². The monoisotopic (exact) mass is 1120 g/mol. The van der Waals surface area contributed by atoms with E-state index in [1.54, 1.807) is 0 Å². The molecule has 0 bridgehead atoms. The van der Waals surface area contributed by atoms with E-state index in [-0.39, 0.29) is 31.1 Å². The summed E-state index contributed by atoms with van der Waals surface area (Å²) in [6.45, 7) is 6.59. The Hall–Kier alpha value is -2.63. The molecular formula is C74H136O6. The van der Waals surface area contributed by atoms with Crippen LogP contribution < -0.4 is 0 Å². The Morgan fingerprint density at radius 2 is 0.475 bits per heavy atom. The second-order valence-electron chi connectivity index (χ2n) is 24.1. The highest BCUT2D eigenvalue weighted by Crippen LogP contribution is 2.19. The summed E-state index contributed by atoms with van der Waals surface area (Å²) in [5, 5.41) is 0. The van der Waals surface area contributed by atoms with Crippen molar-refractivity contribution in [2.45, 2.75) is 393 Å². The molecule has 0 aromatic carbocycles. The van der Waals surface area contributed by atoms with Crippen molar-refractivity contribution >= 4 is 17.9 Å². The van der Waals surface area contributed by atoms with Crippen molar-refractivity contribution in [2.75, 3.05) is 13.2 Å². The largest absolute Gasteiger partial charge is 0.462 e. The highest BCUT2D eigenvalue weighted by atomic mass is 16.6. The van der Waals surface area contributed by atoms with E-state index in [2.05, 4.69) is 69.4 Å². The Morgan fingerprint density at radius 3 is 0.787 bits per heavy atom. The Labute approximate surface area is 498 Å². The molecule has 0 radical (unpaired) electrons. The molecule has 0 N–H and O–H groups in total. The van der Waals surface area contributed by atoms with E-state index in [4.69, 9.17) is 14.2 Å². The second kappa shape index (κ2) is 68.9. The fourth-order valence-corrected chi connectivity index (χ4v) is 10.7. The first-order valence-electron chi connectivity index (χ1n) is 35.6. The summed E-state index contributed by atoms with van der Waals surface area (Å²) in [5.74, 6) is -0.881. The Bertz CT molecular complexity index is 1380. The van der Waals surface area contributed by atoms with Gasteiger partial charge in [0.15, 0.2) is 6.10 Å². The molecule has 0 aromatic rings. The van der Waals surface area contributed by atoms with Gasteiger partial charge in [-0.25, -0.2) is 0 Å². The van der Waals surface area contributed by atoms with Gasteiger partial charge in [0.25, 0.3) is 0 Å². The number of allylic oxidation sites excluding steroid dienone is 8. The van der Waals surface area contributed by atoms with Crippen LogP contribution in [0.5, 0.6) is 0 Å². The zero-order chi connectivity index (χ0) is 57.8. The molecule has 0 heterocycles. The minimum atomic E-state index is -0.782. The highest BCUT2D eigenvalue weighted by molar-refractivity contribution is 5.71. The van der Waals surface area contributed by atoms with Gasteiger partial charge < -0.3 is 14.2 Å². The van der Waals surface area contributed by atoms with Crippen LogP contribution in [-0.2, 0) is 28.6 Å². The molecule has 468 valence electrons. The molecule has 0 fully saturated rings. The van der Waals surface area contributed by atoms with Crippen molar-refractivity contribution in [1.82, 2.24) is 0 Å². The van der Waals surface area contributed by atoms with Gasteiger partial charge in [-0.2, -0.15) is 0 Å². The van der Waals surface area contributed by atoms with Crippen LogP contribution in [0.3, 0.4) is 0 Å². The van der Waals surface area contributed by atoms with Crippen LogP contribution in [0.4, 0.5) is 0 Å². The third-order valence-electron chi connectivity index (χ3n) is 16.0. The van der Waals surface area contributed by atoms with Crippen LogP contribution in [0.15, 0.2) is 48.6 Å². The Balaban J connectivity index is 4.06. The fourth-order valence-electron chi connectivity index (χ4n) is 10.7. The summed E-state index contributed by atoms with van der Waals surface area (Å²) in [7, 11) is 0. The normalized spacial score (nSPS) is 12.3. The molecule has 0 saturated heterocycles. The van der Waals surface area contributed by atoms with E-state index in [9.17, 15) is 14.4 Å². The van der Waals surface area contributed by atoms with Crippen molar-refractivity contribution in [1.29, 1.82) is 0 Å². The average Bonchev–Trinajstić information content (AvgIpc) is 3.46. The molecular weight excluding hydrogens is 985 g/mol. The van der Waals surface area contributed by atoms with Gasteiger partial charge in [-0.15, -0.1) is 0 Å². The topological polar surface area (TPSA) is 78.9 Å². The number of rotatable bonds is 66. The van der Waals surface area contributed by atoms with Crippen molar-refractivity contribution < 1.29 is 28.6 Å². The van der Waals surface area contributed by atoms with Gasteiger partial charge >= 0.3 is 17.9 Å². The van der Waals surface area contributed by atoms with Crippen LogP contribution in [-0.4, -0.2) is 37.2 Å². The molecule has 0 aromatic heterocycles. The summed E-state index contributed by atoms with van der Waals surface area (Å²) in [5.41, 5.74) is 0. The average molecular weight is 1120 g/mol. The zero-order valence-corrected chi connectivity index (χ0v) is 53.9. The van der Waals surface area contributed by atoms with E-state index in [0.717, 1.165) is 96.3 Å². The third kappa shape index (κ3) is 66.2. The lowest BCUT2D eigenvalue weighted by Gasteiger charge is -2.18. The predicted octanol–water partition coefficient (Wildman–Crippen LogP) is 24.5. The molecule has 6 heteroatoms. The number of carbonyl (C=O) groups excluding carboxylic acids is 3. The van der Waals surface area contributed by atoms with E-state index in [1.165, 1.54) is 250 Å². The van der Waals surface area contributed by atoms with Crippen LogP contribution in [0, 0.1) is 0 Å². The Kier molecular flexibility index (Phi) is 66.6. The standard InChI is InChI=1S/C74H136O6/c1-4-7-10-13-16-19-22-24-26-28-30-31-32-33-34-35-36-37-38-39-40-41-42-43-45-46-48-50-52-55-58-61-64-67-73(76)79-70-71(69-78-72(75)66-63-60-57-54-21-18-15-12-9-6-3)80-74(77)68-65-62-59-56-53-51-49-47-44-29-27-25-23-20-17-14-11-8-5-2/h12,15,17,20,25,27,44,47,71H,4-11,13-14,16,18-19,21-24,26,28-43,45-46,48-70H2,1-3H3/b15-12-,20-17-,27-25-,47-44-. The van der Waals surface area contributed by atoms with Crippen molar-refractivity contribution in [2.24, 2.45) is 0 Å². The number of hydrogen-bond donors (Lipinski definition) is 0. The van der Waals surface area contributed by atoms with Crippen LogP contribution in [0.25, 0.3) is 0 Å². The minimum Gasteiger partial charge on any atom is -0.462 e. The zero-order valence-electron chi connectivity index (χ0n) is 53.9. The highest BCUT2D eigenvalue weighted by Gasteiger charge is 2.19. The minimum absolute atomic E-state index is 0.0779. The molecule has 0 rings (SSSR count). The maximum Gasteiger partial charge on any atom is 0.306 e. The molecule has 80 heavy (non-hydrogen) atoms. The van der Waals surface area contributed by atoms with E-state index >= 15 is 0 Å². The lowest BCUT2D eigenvalue weighted by molar-refractivity contribution is -0.167. The summed E-state index contributed by atoms with van der Waals surface area (Å²) in [4.78, 5) is 38.3. The van der Waals surface area contributed by atoms with Gasteiger partial charge in [0.2, 0.25) is 0 Å². The molecule has 0 spiro atoms. The van der Waals surface area contributed by atoms with Crippen molar-refractivity contribution in [3.05, 3.63) is 48.6 Å². The maximum atomic E-state index is 12.9. The van der Waals surface area contributed by atoms with Gasteiger partial charge in [0.1, 0.15) is 13.2 Å². The van der Waals surface area contributed by atoms with Crippen molar-refractivity contribution in [3.8, 4) is 0 Å². The van der Waals surface area contributed by atoms with Gasteiger partial charge in [-0.05, 0) is 77.0 Å². The third-order valence-corrected chi connectivity index (χ3v) is 16.0. The van der Waals surface area contributed by atoms with Crippen LogP contribution >= 0.6 is 0 Å². The van der Waals surface area contributed by atoms with Crippen LogP contribution in [0.1, 0.15) is 387 Å². The molecule has 0 aliphatic heterocycles. The first-order valence-corrected chi connectivity index (χ1v) is 35.6. The predicted molar refractivity (Wildman–Crippen MR) is 349 cm³/mol.